The second-order valence-electron chi connectivity index (χ2n) is 3.22. The standard InChI is InChI=1S/C8H9N3O3/c12-7-5(8(13)14)3-6(10-11-7)9-4-1-2-4/h3-4H,1-2H2,(H,9,10)(H,11,12)(H,13,14). The van der Waals surface area contributed by atoms with Gasteiger partial charge in [0.2, 0.25) is 0 Å². The summed E-state index contributed by atoms with van der Waals surface area (Å²) in [5.41, 5.74) is -0.970. The SMILES string of the molecule is O=C(O)c1cc(NC2CC2)n[nH]c1=O. The highest BCUT2D eigenvalue weighted by Gasteiger charge is 2.22. The van der Waals surface area contributed by atoms with Gasteiger partial charge >= 0.3 is 5.97 Å². The summed E-state index contributed by atoms with van der Waals surface area (Å²) < 4.78 is 0. The van der Waals surface area contributed by atoms with E-state index in [-0.39, 0.29) is 5.56 Å². The lowest BCUT2D eigenvalue weighted by molar-refractivity contribution is 0.0694. The zero-order chi connectivity index (χ0) is 10.1. The van der Waals surface area contributed by atoms with E-state index in [2.05, 4.69) is 15.5 Å². The Labute approximate surface area is 79.0 Å². The number of H-pyrrole nitrogens is 1. The number of rotatable bonds is 3. The van der Waals surface area contributed by atoms with Crippen LogP contribution in [0.3, 0.4) is 0 Å². The van der Waals surface area contributed by atoms with Crippen molar-refractivity contribution in [1.82, 2.24) is 10.2 Å². The summed E-state index contributed by atoms with van der Waals surface area (Å²) in [6.07, 6.45) is 2.12. The summed E-state index contributed by atoms with van der Waals surface area (Å²) in [4.78, 5) is 21.6. The van der Waals surface area contributed by atoms with Gasteiger partial charge in [-0.1, -0.05) is 0 Å². The zero-order valence-electron chi connectivity index (χ0n) is 7.28. The molecule has 1 aromatic rings. The molecule has 14 heavy (non-hydrogen) atoms. The number of carbonyl (C=O) groups is 1. The third kappa shape index (κ3) is 1.73. The van der Waals surface area contributed by atoms with Crippen LogP contribution in [0.25, 0.3) is 0 Å². The average Bonchev–Trinajstić information content (AvgIpc) is 2.92. The molecule has 6 heteroatoms. The first-order chi connectivity index (χ1) is 6.66. The summed E-state index contributed by atoms with van der Waals surface area (Å²) >= 11 is 0. The molecule has 6 nitrogen and oxygen atoms in total. The molecule has 0 aliphatic heterocycles. The second-order valence-corrected chi connectivity index (χ2v) is 3.22. The number of hydrogen-bond donors (Lipinski definition) is 3. The Morgan fingerprint density at radius 3 is 2.93 bits per heavy atom. The van der Waals surface area contributed by atoms with Gasteiger partial charge in [0.25, 0.3) is 5.56 Å². The van der Waals surface area contributed by atoms with Crippen LogP contribution < -0.4 is 10.9 Å². The Balaban J connectivity index is 2.29. The molecule has 1 aliphatic carbocycles. The van der Waals surface area contributed by atoms with Crippen LogP contribution in [-0.2, 0) is 0 Å². The maximum absolute atomic E-state index is 11.0. The summed E-state index contributed by atoms with van der Waals surface area (Å²) in [6.45, 7) is 0. The van der Waals surface area contributed by atoms with Gasteiger partial charge < -0.3 is 10.4 Å². The van der Waals surface area contributed by atoms with Crippen molar-refractivity contribution >= 4 is 11.8 Å². The lowest BCUT2D eigenvalue weighted by atomic mass is 10.3. The van der Waals surface area contributed by atoms with Gasteiger partial charge in [0.05, 0.1) is 0 Å². The van der Waals surface area contributed by atoms with Crippen LogP contribution in [-0.4, -0.2) is 27.3 Å². The maximum atomic E-state index is 11.0. The molecule has 0 unspecified atom stereocenters. The fourth-order valence-electron chi connectivity index (χ4n) is 1.08. The normalized spacial score (nSPS) is 15.1. The van der Waals surface area contributed by atoms with Crippen molar-refractivity contribution in [2.24, 2.45) is 0 Å². The van der Waals surface area contributed by atoms with Crippen LogP contribution >= 0.6 is 0 Å². The minimum Gasteiger partial charge on any atom is -0.477 e. The molecule has 74 valence electrons. The fraction of sp³-hybridized carbons (Fsp3) is 0.375. The molecule has 1 fully saturated rings. The van der Waals surface area contributed by atoms with Crippen LogP contribution in [0.1, 0.15) is 23.2 Å². The number of hydrogen-bond acceptors (Lipinski definition) is 4. The molecule has 2 rings (SSSR count). The number of aromatic nitrogens is 2. The summed E-state index contributed by atoms with van der Waals surface area (Å²) in [5, 5.41) is 17.5. The van der Waals surface area contributed by atoms with Crippen LogP contribution in [0.2, 0.25) is 0 Å². The summed E-state index contributed by atoms with van der Waals surface area (Å²) in [6, 6.07) is 1.62. The first kappa shape index (κ1) is 8.74. The highest BCUT2D eigenvalue weighted by molar-refractivity contribution is 5.87. The smallest absolute Gasteiger partial charge is 0.341 e. The molecule has 0 atom stereocenters. The zero-order valence-corrected chi connectivity index (χ0v) is 7.28. The Morgan fingerprint density at radius 2 is 2.36 bits per heavy atom. The molecule has 3 N–H and O–H groups in total. The minimum atomic E-state index is -1.24. The third-order valence-electron chi connectivity index (χ3n) is 1.96. The lowest BCUT2D eigenvalue weighted by Gasteiger charge is -2.02. The van der Waals surface area contributed by atoms with Crippen molar-refractivity contribution in [3.63, 3.8) is 0 Å². The topological polar surface area (TPSA) is 95.1 Å². The minimum absolute atomic E-state index is 0.289. The van der Waals surface area contributed by atoms with Crippen LogP contribution in [0, 0.1) is 0 Å². The van der Waals surface area contributed by atoms with Gasteiger partial charge in [0, 0.05) is 12.1 Å². The van der Waals surface area contributed by atoms with Gasteiger partial charge in [-0.25, -0.2) is 9.89 Å². The van der Waals surface area contributed by atoms with Crippen molar-refractivity contribution in [2.45, 2.75) is 18.9 Å². The Hall–Kier alpha value is -1.85. The number of anilines is 1. The van der Waals surface area contributed by atoms with Crippen molar-refractivity contribution in [3.05, 3.63) is 22.0 Å². The van der Waals surface area contributed by atoms with Crippen LogP contribution in [0.4, 0.5) is 5.82 Å². The van der Waals surface area contributed by atoms with Gasteiger partial charge in [0.1, 0.15) is 11.4 Å². The first-order valence-electron chi connectivity index (χ1n) is 4.26. The highest BCUT2D eigenvalue weighted by Crippen LogP contribution is 2.23. The number of nitrogens with zero attached hydrogens (tertiary/aromatic N) is 1. The quantitative estimate of drug-likeness (QED) is 0.633. The summed E-state index contributed by atoms with van der Waals surface area (Å²) in [5.74, 6) is -0.836. The van der Waals surface area contributed by atoms with Crippen molar-refractivity contribution in [1.29, 1.82) is 0 Å². The molecule has 0 bridgehead atoms. The molecule has 1 heterocycles. The van der Waals surface area contributed by atoms with Crippen LogP contribution in [0.15, 0.2) is 10.9 Å². The van der Waals surface area contributed by atoms with E-state index in [9.17, 15) is 9.59 Å². The summed E-state index contributed by atoms with van der Waals surface area (Å²) in [7, 11) is 0. The molecule has 0 saturated heterocycles. The second kappa shape index (κ2) is 3.13. The largest absolute Gasteiger partial charge is 0.477 e. The van der Waals surface area contributed by atoms with E-state index >= 15 is 0 Å². The van der Waals surface area contributed by atoms with Crippen molar-refractivity contribution < 1.29 is 9.90 Å². The number of aromatic carboxylic acids is 1. The molecule has 1 aromatic heterocycles. The van der Waals surface area contributed by atoms with Gasteiger partial charge in [-0.05, 0) is 12.8 Å². The van der Waals surface area contributed by atoms with E-state index in [1.807, 2.05) is 0 Å². The molecule has 1 aliphatic rings. The van der Waals surface area contributed by atoms with Gasteiger partial charge in [-0.2, -0.15) is 5.10 Å². The molecule has 0 radical (unpaired) electrons. The average molecular weight is 195 g/mol. The van der Waals surface area contributed by atoms with E-state index in [1.54, 1.807) is 0 Å². The number of carboxylic acids is 1. The van der Waals surface area contributed by atoms with Crippen molar-refractivity contribution in [2.75, 3.05) is 5.32 Å². The Morgan fingerprint density at radius 1 is 1.64 bits per heavy atom. The number of aromatic amines is 1. The van der Waals surface area contributed by atoms with Gasteiger partial charge in [0.15, 0.2) is 0 Å². The van der Waals surface area contributed by atoms with E-state index in [1.165, 1.54) is 6.07 Å². The number of carboxylic acid groups (broad SMARTS) is 1. The molecule has 0 spiro atoms. The molecule has 0 amide bonds. The molecular weight excluding hydrogens is 186 g/mol. The highest BCUT2D eigenvalue weighted by atomic mass is 16.4. The van der Waals surface area contributed by atoms with E-state index < -0.39 is 11.5 Å². The van der Waals surface area contributed by atoms with Crippen LogP contribution in [0.5, 0.6) is 0 Å². The predicted octanol–water partition coefficient (Wildman–Crippen LogP) is 0.0424. The van der Waals surface area contributed by atoms with E-state index in [4.69, 9.17) is 5.11 Å². The van der Waals surface area contributed by atoms with Gasteiger partial charge in [-0.15, -0.1) is 0 Å². The molecule has 1 saturated carbocycles. The number of nitrogens with one attached hydrogen (secondary N) is 2. The van der Waals surface area contributed by atoms with Gasteiger partial charge in [-0.3, -0.25) is 4.79 Å². The van der Waals surface area contributed by atoms with Crippen molar-refractivity contribution in [3.8, 4) is 0 Å². The molecular formula is C8H9N3O3. The fourth-order valence-corrected chi connectivity index (χ4v) is 1.08. The molecule has 0 aromatic carbocycles. The lowest BCUT2D eigenvalue weighted by Crippen LogP contribution is -2.20. The first-order valence-corrected chi connectivity index (χ1v) is 4.26. The Kier molecular flexibility index (Phi) is 1.95. The third-order valence-corrected chi connectivity index (χ3v) is 1.96. The predicted molar refractivity (Wildman–Crippen MR) is 48.5 cm³/mol. The van der Waals surface area contributed by atoms with E-state index in [0.717, 1.165) is 12.8 Å². The van der Waals surface area contributed by atoms with E-state index in [0.29, 0.717) is 11.9 Å². The monoisotopic (exact) mass is 195 g/mol. The Bertz CT molecular complexity index is 422. The maximum Gasteiger partial charge on any atom is 0.341 e.